The van der Waals surface area contributed by atoms with Gasteiger partial charge in [0.25, 0.3) is 0 Å². The Morgan fingerprint density at radius 2 is 1.96 bits per heavy atom. The van der Waals surface area contributed by atoms with Gasteiger partial charge in [-0.25, -0.2) is 9.78 Å². The zero-order valence-corrected chi connectivity index (χ0v) is 14.0. The van der Waals surface area contributed by atoms with E-state index in [1.54, 1.807) is 43.6 Å². The Morgan fingerprint density at radius 1 is 1.21 bits per heavy atom. The van der Waals surface area contributed by atoms with Crippen LogP contribution in [-0.2, 0) is 0 Å². The van der Waals surface area contributed by atoms with Crippen molar-refractivity contribution in [2.75, 3.05) is 12.9 Å². The standard InChI is InChI=1S/C17H15N3O3S/c1-11-4-3-9-20-15(11)18-16(19-17(20)22)24-10-14(21)12-5-7-13(23-2)8-6-12/h3-9H,10H2,1-2H3. The molecule has 122 valence electrons. The summed E-state index contributed by atoms with van der Waals surface area (Å²) in [5, 5.41) is 0.302. The highest BCUT2D eigenvalue weighted by Gasteiger charge is 2.11. The van der Waals surface area contributed by atoms with E-state index in [0.717, 1.165) is 17.3 Å². The van der Waals surface area contributed by atoms with E-state index in [1.807, 2.05) is 13.0 Å². The molecule has 0 atom stereocenters. The first-order valence-corrected chi connectivity index (χ1v) is 8.23. The summed E-state index contributed by atoms with van der Waals surface area (Å²) in [6, 6.07) is 10.5. The zero-order chi connectivity index (χ0) is 17.1. The van der Waals surface area contributed by atoms with E-state index >= 15 is 0 Å². The highest BCUT2D eigenvalue weighted by atomic mass is 32.2. The fourth-order valence-corrected chi connectivity index (χ4v) is 2.93. The predicted octanol–water partition coefficient (Wildman–Crippen LogP) is 2.38. The monoisotopic (exact) mass is 341 g/mol. The van der Waals surface area contributed by atoms with E-state index in [2.05, 4.69) is 9.97 Å². The summed E-state index contributed by atoms with van der Waals surface area (Å²) >= 11 is 1.15. The van der Waals surface area contributed by atoms with E-state index in [9.17, 15) is 9.59 Å². The molecule has 0 aliphatic heterocycles. The number of rotatable bonds is 5. The van der Waals surface area contributed by atoms with Gasteiger partial charge in [0, 0.05) is 11.8 Å². The van der Waals surface area contributed by atoms with Crippen LogP contribution in [0, 0.1) is 6.92 Å². The molecule has 3 aromatic rings. The van der Waals surface area contributed by atoms with Crippen LogP contribution < -0.4 is 10.4 Å². The number of ether oxygens (including phenoxy) is 1. The van der Waals surface area contributed by atoms with Crippen molar-refractivity contribution in [3.63, 3.8) is 0 Å². The summed E-state index contributed by atoms with van der Waals surface area (Å²) in [6.07, 6.45) is 1.63. The molecule has 0 radical (unpaired) electrons. The number of carbonyl (C=O) groups is 1. The highest BCUT2D eigenvalue weighted by Crippen LogP contribution is 2.17. The molecule has 0 saturated carbocycles. The fourth-order valence-electron chi connectivity index (χ4n) is 2.21. The van der Waals surface area contributed by atoms with E-state index < -0.39 is 5.69 Å². The maximum absolute atomic E-state index is 12.2. The number of benzene rings is 1. The molecule has 0 aliphatic rings. The Kier molecular flexibility index (Phi) is 4.61. The molecule has 0 bridgehead atoms. The lowest BCUT2D eigenvalue weighted by molar-refractivity contribution is 0.102. The average Bonchev–Trinajstić information content (AvgIpc) is 2.60. The van der Waals surface area contributed by atoms with E-state index in [0.29, 0.717) is 22.1 Å². The Balaban J connectivity index is 1.78. The second-order valence-electron chi connectivity index (χ2n) is 5.11. The number of thioether (sulfide) groups is 1. The molecule has 0 N–H and O–H groups in total. The van der Waals surface area contributed by atoms with Crippen LogP contribution in [0.5, 0.6) is 5.75 Å². The topological polar surface area (TPSA) is 73.6 Å². The van der Waals surface area contributed by atoms with Crippen molar-refractivity contribution in [1.82, 2.24) is 14.4 Å². The maximum atomic E-state index is 12.2. The van der Waals surface area contributed by atoms with Crippen LogP contribution in [0.2, 0.25) is 0 Å². The molecule has 0 aliphatic carbocycles. The lowest BCUT2D eigenvalue weighted by atomic mass is 10.1. The highest BCUT2D eigenvalue weighted by molar-refractivity contribution is 7.99. The normalized spacial score (nSPS) is 10.8. The Hall–Kier alpha value is -2.67. The smallest absolute Gasteiger partial charge is 0.355 e. The van der Waals surface area contributed by atoms with Crippen LogP contribution in [-0.4, -0.2) is 33.0 Å². The number of methoxy groups -OCH3 is 1. The Bertz CT molecular complexity index is 951. The third-order valence-corrected chi connectivity index (χ3v) is 4.35. The van der Waals surface area contributed by atoms with Gasteiger partial charge in [0.15, 0.2) is 10.9 Å². The molecule has 2 heterocycles. The average molecular weight is 341 g/mol. The number of ketones is 1. The van der Waals surface area contributed by atoms with Crippen LogP contribution in [0.15, 0.2) is 52.5 Å². The number of aromatic nitrogens is 3. The molecule has 0 saturated heterocycles. The fraction of sp³-hybridized carbons (Fsp3) is 0.176. The minimum absolute atomic E-state index is 0.0590. The van der Waals surface area contributed by atoms with Crippen molar-refractivity contribution in [2.24, 2.45) is 0 Å². The summed E-state index contributed by atoms with van der Waals surface area (Å²) in [7, 11) is 1.57. The largest absolute Gasteiger partial charge is 0.497 e. The van der Waals surface area contributed by atoms with Crippen molar-refractivity contribution >= 4 is 23.2 Å². The number of aryl methyl sites for hydroxylation is 1. The zero-order valence-electron chi connectivity index (χ0n) is 13.2. The summed E-state index contributed by atoms with van der Waals surface area (Å²) < 4.78 is 6.46. The molecule has 0 unspecified atom stereocenters. The summed E-state index contributed by atoms with van der Waals surface area (Å²) in [5.74, 6) is 0.796. The van der Waals surface area contributed by atoms with Crippen LogP contribution >= 0.6 is 11.8 Å². The van der Waals surface area contributed by atoms with Gasteiger partial charge >= 0.3 is 5.69 Å². The molecule has 7 heteroatoms. The first-order valence-electron chi connectivity index (χ1n) is 7.24. The number of pyridine rings is 1. The molecule has 24 heavy (non-hydrogen) atoms. The number of hydrogen-bond donors (Lipinski definition) is 0. The van der Waals surface area contributed by atoms with Gasteiger partial charge < -0.3 is 4.74 Å². The number of nitrogens with zero attached hydrogens (tertiary/aromatic N) is 3. The molecule has 0 amide bonds. The third kappa shape index (κ3) is 3.30. The predicted molar refractivity (Wildman–Crippen MR) is 92.0 cm³/mol. The molecule has 3 rings (SSSR count). The summed E-state index contributed by atoms with van der Waals surface area (Å²) in [5.41, 5.74) is 1.61. The summed E-state index contributed by atoms with van der Waals surface area (Å²) in [6.45, 7) is 1.87. The summed E-state index contributed by atoms with van der Waals surface area (Å²) in [4.78, 5) is 32.6. The van der Waals surface area contributed by atoms with Crippen molar-refractivity contribution in [1.29, 1.82) is 0 Å². The van der Waals surface area contributed by atoms with Gasteiger partial charge in [0.2, 0.25) is 0 Å². The van der Waals surface area contributed by atoms with E-state index in [1.165, 1.54) is 4.40 Å². The molecular weight excluding hydrogens is 326 g/mol. The lowest BCUT2D eigenvalue weighted by Crippen LogP contribution is -2.19. The van der Waals surface area contributed by atoms with E-state index in [-0.39, 0.29) is 11.5 Å². The van der Waals surface area contributed by atoms with Crippen LogP contribution in [0.3, 0.4) is 0 Å². The van der Waals surface area contributed by atoms with Gasteiger partial charge in [-0.1, -0.05) is 17.8 Å². The second kappa shape index (κ2) is 6.84. The van der Waals surface area contributed by atoms with Gasteiger partial charge in [-0.15, -0.1) is 0 Å². The van der Waals surface area contributed by atoms with Crippen LogP contribution in [0.25, 0.3) is 5.65 Å². The molecular formula is C17H15N3O3S. The first kappa shape index (κ1) is 16.2. The second-order valence-corrected chi connectivity index (χ2v) is 6.06. The first-order chi connectivity index (χ1) is 11.6. The third-order valence-electron chi connectivity index (χ3n) is 3.51. The quantitative estimate of drug-likeness (QED) is 0.524. The lowest BCUT2D eigenvalue weighted by Gasteiger charge is -2.05. The number of carbonyl (C=O) groups excluding carboxylic acids is 1. The maximum Gasteiger partial charge on any atom is 0.355 e. The van der Waals surface area contributed by atoms with E-state index in [4.69, 9.17) is 4.74 Å². The molecule has 2 aromatic heterocycles. The van der Waals surface area contributed by atoms with Gasteiger partial charge in [-0.3, -0.25) is 9.20 Å². The minimum Gasteiger partial charge on any atom is -0.497 e. The van der Waals surface area contributed by atoms with Crippen molar-refractivity contribution in [2.45, 2.75) is 12.1 Å². The molecule has 0 fully saturated rings. The van der Waals surface area contributed by atoms with Crippen molar-refractivity contribution in [3.8, 4) is 5.75 Å². The van der Waals surface area contributed by atoms with Crippen LogP contribution in [0.4, 0.5) is 0 Å². The molecule has 1 aromatic carbocycles. The Labute approximate surface area is 142 Å². The minimum atomic E-state index is -0.400. The van der Waals surface area contributed by atoms with Gasteiger partial charge in [0.05, 0.1) is 12.9 Å². The Morgan fingerprint density at radius 3 is 2.67 bits per heavy atom. The number of Topliss-reactive ketones (excluding diaryl/α,β-unsaturated/α-hetero) is 1. The SMILES string of the molecule is COc1ccc(C(=O)CSc2nc(=O)n3cccc(C)c3n2)cc1. The molecule has 0 spiro atoms. The van der Waals surface area contributed by atoms with Crippen LogP contribution in [0.1, 0.15) is 15.9 Å². The number of fused-ring (bicyclic) bond motifs is 1. The van der Waals surface area contributed by atoms with Gasteiger partial charge in [0.1, 0.15) is 11.4 Å². The van der Waals surface area contributed by atoms with Gasteiger partial charge in [-0.05, 0) is 42.8 Å². The van der Waals surface area contributed by atoms with Crippen molar-refractivity contribution in [3.05, 3.63) is 64.2 Å². The number of hydrogen-bond acceptors (Lipinski definition) is 6. The molecule has 6 nitrogen and oxygen atoms in total. The van der Waals surface area contributed by atoms with Crippen molar-refractivity contribution < 1.29 is 9.53 Å². The van der Waals surface area contributed by atoms with Gasteiger partial charge in [-0.2, -0.15) is 4.98 Å².